The molecule has 0 aromatic heterocycles. The van der Waals surface area contributed by atoms with Crippen LogP contribution in [0.2, 0.25) is 0 Å². The van der Waals surface area contributed by atoms with Crippen LogP contribution < -0.4 is 0 Å². The maximum atomic E-state index is 11.4. The van der Waals surface area contributed by atoms with Crippen molar-refractivity contribution in [3.05, 3.63) is 0 Å². The lowest BCUT2D eigenvalue weighted by Gasteiger charge is -2.09. The molecule has 4 bridgehead atoms. The van der Waals surface area contributed by atoms with E-state index in [1.807, 2.05) is 0 Å². The van der Waals surface area contributed by atoms with Gasteiger partial charge in [0.05, 0.1) is 13.0 Å². The van der Waals surface area contributed by atoms with Crippen molar-refractivity contribution < 1.29 is 14.3 Å². The Hall–Kier alpha value is -0.860. The largest absolute Gasteiger partial charge is 0.469 e. The number of esters is 1. The molecule has 0 radical (unpaired) electrons. The quantitative estimate of drug-likeness (QED) is 0.524. The van der Waals surface area contributed by atoms with Crippen LogP contribution >= 0.6 is 0 Å². The molecule has 12 heavy (non-hydrogen) atoms. The summed E-state index contributed by atoms with van der Waals surface area (Å²) in [6.45, 7) is 0. The maximum absolute atomic E-state index is 11.4. The monoisotopic (exact) mass is 166 g/mol. The normalized spacial score (nSPS) is 52.8. The summed E-state index contributed by atoms with van der Waals surface area (Å²) in [6, 6.07) is 0. The van der Waals surface area contributed by atoms with Crippen LogP contribution in [0.4, 0.5) is 0 Å². The number of Topliss-reactive ketones (excluding diaryl/α,β-unsaturated/α-hetero) is 1. The molecule has 0 heterocycles. The van der Waals surface area contributed by atoms with Crippen LogP contribution in [0.15, 0.2) is 0 Å². The second kappa shape index (κ2) is 1.73. The molecule has 4 fully saturated rings. The molecule has 3 nitrogen and oxygen atoms in total. The third-order valence-corrected chi connectivity index (χ3v) is 3.77. The van der Waals surface area contributed by atoms with Crippen LogP contribution in [-0.2, 0) is 14.3 Å². The average molecular weight is 166 g/mol. The van der Waals surface area contributed by atoms with E-state index in [0.29, 0.717) is 17.6 Å². The van der Waals surface area contributed by atoms with E-state index in [2.05, 4.69) is 4.74 Å². The van der Waals surface area contributed by atoms with Crippen molar-refractivity contribution in [2.24, 2.45) is 29.6 Å². The van der Waals surface area contributed by atoms with E-state index in [4.69, 9.17) is 0 Å². The number of methoxy groups -OCH3 is 1. The highest BCUT2D eigenvalue weighted by molar-refractivity contribution is 5.98. The summed E-state index contributed by atoms with van der Waals surface area (Å²) in [5.41, 5.74) is 0. The van der Waals surface area contributed by atoms with Gasteiger partial charge in [-0.1, -0.05) is 0 Å². The van der Waals surface area contributed by atoms with Gasteiger partial charge in [-0.15, -0.1) is 0 Å². The molecule has 2 unspecified atom stereocenters. The Bertz CT molecular complexity index is 283. The first kappa shape index (κ1) is 6.63. The summed E-state index contributed by atoms with van der Waals surface area (Å²) in [5, 5.41) is 0. The van der Waals surface area contributed by atoms with Gasteiger partial charge in [-0.2, -0.15) is 0 Å². The summed E-state index contributed by atoms with van der Waals surface area (Å²) < 4.78 is 4.69. The molecule has 5 atom stereocenters. The molecule has 0 aromatic carbocycles. The third kappa shape index (κ3) is 0.490. The predicted molar refractivity (Wildman–Crippen MR) is 39.1 cm³/mol. The number of hydrogen-bond acceptors (Lipinski definition) is 3. The van der Waals surface area contributed by atoms with E-state index in [-0.39, 0.29) is 23.7 Å². The molecule has 0 amide bonds. The molecule has 4 aliphatic carbocycles. The Balaban J connectivity index is 1.93. The van der Waals surface area contributed by atoms with E-state index in [0.717, 1.165) is 6.42 Å². The number of ketones is 1. The van der Waals surface area contributed by atoms with Gasteiger partial charge in [0.1, 0.15) is 5.78 Å². The third-order valence-electron chi connectivity index (χ3n) is 3.77. The Morgan fingerprint density at radius 1 is 1.58 bits per heavy atom. The topological polar surface area (TPSA) is 43.4 Å². The first-order chi connectivity index (χ1) is 5.75. The number of ether oxygens (including phenoxy) is 1. The summed E-state index contributed by atoms with van der Waals surface area (Å²) in [4.78, 5) is 22.7. The smallest absolute Gasteiger partial charge is 0.309 e. The summed E-state index contributed by atoms with van der Waals surface area (Å²) >= 11 is 0. The Morgan fingerprint density at radius 3 is 2.67 bits per heavy atom. The minimum Gasteiger partial charge on any atom is -0.469 e. The summed E-state index contributed by atoms with van der Waals surface area (Å²) in [6.07, 6.45) is 0.952. The van der Waals surface area contributed by atoms with Crippen molar-refractivity contribution in [1.82, 2.24) is 0 Å². The van der Waals surface area contributed by atoms with E-state index in [1.165, 1.54) is 7.11 Å². The predicted octanol–water partition coefficient (Wildman–Crippen LogP) is 0.240. The first-order valence-corrected chi connectivity index (χ1v) is 4.37. The minimum atomic E-state index is -0.166. The molecular formula is C9H10O3. The van der Waals surface area contributed by atoms with E-state index in [9.17, 15) is 9.59 Å². The molecule has 4 rings (SSSR count). The van der Waals surface area contributed by atoms with Gasteiger partial charge < -0.3 is 4.74 Å². The molecule has 0 aliphatic heterocycles. The minimum absolute atomic E-state index is 0.0254. The molecule has 4 saturated carbocycles. The fourth-order valence-corrected chi connectivity index (χ4v) is 3.30. The molecule has 0 N–H and O–H groups in total. The number of rotatable bonds is 1. The van der Waals surface area contributed by atoms with Gasteiger partial charge in [-0.05, 0) is 18.3 Å². The lowest BCUT2D eigenvalue weighted by atomic mass is 9.98. The molecule has 0 aromatic rings. The molecular weight excluding hydrogens is 156 g/mol. The zero-order valence-corrected chi connectivity index (χ0v) is 6.82. The average Bonchev–Trinajstić information content (AvgIpc) is 2.42. The summed E-state index contributed by atoms with van der Waals surface area (Å²) in [5.74, 6) is 1.29. The van der Waals surface area contributed by atoms with Crippen LogP contribution in [0.25, 0.3) is 0 Å². The van der Waals surface area contributed by atoms with Crippen LogP contribution in [0.3, 0.4) is 0 Å². The maximum Gasteiger partial charge on any atom is 0.309 e. The lowest BCUT2D eigenvalue weighted by molar-refractivity contribution is -0.147. The fraction of sp³-hybridized carbons (Fsp3) is 0.778. The van der Waals surface area contributed by atoms with Gasteiger partial charge in [0, 0.05) is 11.8 Å². The van der Waals surface area contributed by atoms with Crippen LogP contribution in [0.1, 0.15) is 6.42 Å². The fourth-order valence-electron chi connectivity index (χ4n) is 3.30. The van der Waals surface area contributed by atoms with Crippen molar-refractivity contribution in [2.45, 2.75) is 6.42 Å². The van der Waals surface area contributed by atoms with Crippen LogP contribution in [0.5, 0.6) is 0 Å². The zero-order valence-electron chi connectivity index (χ0n) is 6.82. The van der Waals surface area contributed by atoms with Gasteiger partial charge in [0.2, 0.25) is 0 Å². The first-order valence-electron chi connectivity index (χ1n) is 4.37. The zero-order chi connectivity index (χ0) is 8.46. The van der Waals surface area contributed by atoms with Crippen molar-refractivity contribution in [3.63, 3.8) is 0 Å². The van der Waals surface area contributed by atoms with Gasteiger partial charge >= 0.3 is 5.97 Å². The van der Waals surface area contributed by atoms with Crippen molar-refractivity contribution in [2.75, 3.05) is 7.11 Å². The van der Waals surface area contributed by atoms with Crippen molar-refractivity contribution >= 4 is 11.8 Å². The number of hydrogen-bond donors (Lipinski definition) is 0. The molecule has 0 spiro atoms. The van der Waals surface area contributed by atoms with Gasteiger partial charge in [0.15, 0.2) is 0 Å². The highest BCUT2D eigenvalue weighted by Gasteiger charge is 2.75. The Labute approximate surface area is 70.1 Å². The second-order valence-electron chi connectivity index (χ2n) is 4.06. The second-order valence-corrected chi connectivity index (χ2v) is 4.06. The molecule has 64 valence electrons. The van der Waals surface area contributed by atoms with Crippen LogP contribution in [-0.4, -0.2) is 18.9 Å². The Morgan fingerprint density at radius 2 is 2.33 bits per heavy atom. The standard InChI is InChI=1S/C9H10O3/c1-12-9(11)7-4-2-3-5(7)6(3)8(4)10/h3-7H,2H2,1H3/t3?,4-,5-,6?,7+/m1/s1. The van der Waals surface area contributed by atoms with Crippen LogP contribution in [0, 0.1) is 29.6 Å². The Kier molecular flexibility index (Phi) is 0.955. The van der Waals surface area contributed by atoms with E-state index < -0.39 is 0 Å². The molecule has 0 saturated heterocycles. The van der Waals surface area contributed by atoms with Gasteiger partial charge in [-0.25, -0.2) is 0 Å². The SMILES string of the molecule is COC(=O)[C@@H]1[C@@H]2C3C[C@H]1C(=O)C32. The number of carbonyl (C=O) groups excluding carboxylic acids is 2. The van der Waals surface area contributed by atoms with Crippen molar-refractivity contribution in [3.8, 4) is 0 Å². The highest BCUT2D eigenvalue weighted by Crippen LogP contribution is 2.71. The summed E-state index contributed by atoms with van der Waals surface area (Å²) in [7, 11) is 1.40. The highest BCUT2D eigenvalue weighted by atomic mass is 16.5. The van der Waals surface area contributed by atoms with E-state index in [1.54, 1.807) is 0 Å². The molecule has 3 heteroatoms. The molecule has 4 aliphatic rings. The van der Waals surface area contributed by atoms with E-state index >= 15 is 0 Å². The lowest BCUT2D eigenvalue weighted by Crippen LogP contribution is -2.21. The number of carbonyl (C=O) groups is 2. The van der Waals surface area contributed by atoms with Gasteiger partial charge in [-0.3, -0.25) is 9.59 Å². The van der Waals surface area contributed by atoms with Gasteiger partial charge in [0.25, 0.3) is 0 Å². The van der Waals surface area contributed by atoms with Crippen molar-refractivity contribution in [1.29, 1.82) is 0 Å².